The molecule has 19 heavy (non-hydrogen) atoms. The molecular weight excluding hydrogens is 291 g/mol. The first kappa shape index (κ1) is 21.2. The molecule has 0 rings (SSSR count). The van der Waals surface area contributed by atoms with E-state index < -0.39 is 10.1 Å². The predicted molar refractivity (Wildman–Crippen MR) is 78.4 cm³/mol. The molecule has 116 valence electrons. The van der Waals surface area contributed by atoms with Crippen LogP contribution in [0.1, 0.15) is 52.4 Å². The molecule has 0 spiro atoms. The van der Waals surface area contributed by atoms with Gasteiger partial charge >= 0.3 is 0 Å². The third kappa shape index (κ3) is 20.3. The summed E-state index contributed by atoms with van der Waals surface area (Å²) < 4.78 is 35.1. The van der Waals surface area contributed by atoms with Gasteiger partial charge in [-0.25, -0.2) is 0 Å². The maximum atomic E-state index is 11.3. The topological polar surface area (TPSA) is 60.4 Å². The summed E-state index contributed by atoms with van der Waals surface area (Å²) in [5.74, 6) is 0.692. The van der Waals surface area contributed by atoms with Crippen LogP contribution in [0.2, 0.25) is 0 Å². The van der Waals surface area contributed by atoms with E-state index in [0.29, 0.717) is 12.2 Å². The van der Waals surface area contributed by atoms with Crippen LogP contribution in [0, 0.1) is 0 Å². The average molecular weight is 316 g/mol. The fourth-order valence-corrected chi connectivity index (χ4v) is 2.32. The zero-order valence-electron chi connectivity index (χ0n) is 12.0. The number of carbonyl (C=O) groups is 1. The first-order chi connectivity index (χ1) is 8.89. The molecule has 0 radical (unpaired) electrons. The van der Waals surface area contributed by atoms with Gasteiger partial charge < -0.3 is 0 Å². The molecule has 0 aromatic rings. The molecular formula is C12H25FO4S2. The van der Waals surface area contributed by atoms with Crippen LogP contribution in [0.25, 0.3) is 0 Å². The van der Waals surface area contributed by atoms with Crippen LogP contribution in [0.4, 0.5) is 4.53 Å². The quantitative estimate of drug-likeness (QED) is 0.577. The number of hydrogen-bond donors (Lipinski definition) is 0. The fraction of sp³-hybridized carbons (Fsp3) is 0.917. The highest BCUT2D eigenvalue weighted by molar-refractivity contribution is 7.99. The number of carbonyl (C=O) groups excluding carboxylic acids is 1. The van der Waals surface area contributed by atoms with Gasteiger partial charge in [-0.3, -0.25) is 4.79 Å². The lowest BCUT2D eigenvalue weighted by atomic mass is 10.1. The van der Waals surface area contributed by atoms with Crippen LogP contribution in [-0.4, -0.2) is 32.0 Å². The summed E-state index contributed by atoms with van der Waals surface area (Å²) >= 11 is 1.56. The Morgan fingerprint density at radius 2 is 1.68 bits per heavy atom. The van der Waals surface area contributed by atoms with Crippen LogP contribution in [0.3, 0.4) is 0 Å². The number of unbranched alkanes of at least 4 members (excludes halogenated alkanes) is 5. The van der Waals surface area contributed by atoms with Gasteiger partial charge in [-0.1, -0.05) is 43.4 Å². The normalized spacial score (nSPS) is 10.7. The van der Waals surface area contributed by atoms with E-state index in [1.54, 1.807) is 18.7 Å². The standard InChI is InChI=1S/C8H17FO3S.C4H8OS/c1-2-3-4-5-6-7-8-13(10,11)12-9;1-4(5)3-6-2/h2-8H2,1H3;3H2,1-2H3. The molecule has 0 aromatic heterocycles. The van der Waals surface area contributed by atoms with Crippen molar-refractivity contribution in [2.45, 2.75) is 52.4 Å². The Hall–Kier alpha value is -0.140. The zero-order valence-corrected chi connectivity index (χ0v) is 13.6. The molecule has 0 unspecified atom stereocenters. The molecule has 0 heterocycles. The van der Waals surface area contributed by atoms with E-state index in [0.717, 1.165) is 25.7 Å². The van der Waals surface area contributed by atoms with Gasteiger partial charge in [-0.15, -0.1) is 0 Å². The summed E-state index contributed by atoms with van der Waals surface area (Å²) in [6, 6.07) is 0. The number of halogens is 1. The Balaban J connectivity index is 0. The van der Waals surface area contributed by atoms with Gasteiger partial charge in [-0.05, 0) is 24.1 Å². The van der Waals surface area contributed by atoms with Gasteiger partial charge in [0.05, 0.1) is 11.5 Å². The van der Waals surface area contributed by atoms with Crippen molar-refractivity contribution in [1.82, 2.24) is 0 Å². The molecule has 0 aromatic carbocycles. The Morgan fingerprint density at radius 3 is 2.05 bits per heavy atom. The van der Waals surface area contributed by atoms with Crippen molar-refractivity contribution < 1.29 is 22.1 Å². The van der Waals surface area contributed by atoms with Crippen molar-refractivity contribution in [3.8, 4) is 0 Å². The zero-order chi connectivity index (χ0) is 15.1. The monoisotopic (exact) mass is 316 g/mol. The average Bonchev–Trinajstić information content (AvgIpc) is 2.34. The van der Waals surface area contributed by atoms with Crippen molar-refractivity contribution in [2.24, 2.45) is 0 Å². The van der Waals surface area contributed by atoms with Gasteiger partial charge in [0.15, 0.2) is 0 Å². The van der Waals surface area contributed by atoms with Gasteiger partial charge in [-0.2, -0.15) is 20.2 Å². The number of ketones is 1. The summed E-state index contributed by atoms with van der Waals surface area (Å²) in [6.07, 6.45) is 7.68. The number of hydrogen-bond acceptors (Lipinski definition) is 5. The van der Waals surface area contributed by atoms with Crippen LogP contribution in [0.15, 0.2) is 0 Å². The maximum absolute atomic E-state index is 11.3. The fourth-order valence-electron chi connectivity index (χ4n) is 1.29. The summed E-state index contributed by atoms with van der Waals surface area (Å²) in [7, 11) is -3.88. The Bertz CT molecular complexity index is 305. The molecule has 4 nitrogen and oxygen atoms in total. The number of thioether (sulfide) groups is 1. The highest BCUT2D eigenvalue weighted by Crippen LogP contribution is 2.07. The molecule has 0 aliphatic rings. The Labute approximate surface area is 120 Å². The summed E-state index contributed by atoms with van der Waals surface area (Å²) in [6.45, 7) is 3.71. The first-order valence-electron chi connectivity index (χ1n) is 6.40. The Morgan fingerprint density at radius 1 is 1.16 bits per heavy atom. The van der Waals surface area contributed by atoms with Crippen LogP contribution in [-0.2, 0) is 19.3 Å². The summed E-state index contributed by atoms with van der Waals surface area (Å²) in [4.78, 5) is 10.0. The number of Topliss-reactive ketones (excluding diaryl/α,β-unsaturated/α-hetero) is 1. The molecule has 0 saturated heterocycles. The lowest BCUT2D eigenvalue weighted by Crippen LogP contribution is -2.05. The van der Waals surface area contributed by atoms with Crippen LogP contribution in [0.5, 0.6) is 0 Å². The van der Waals surface area contributed by atoms with Crippen LogP contribution < -0.4 is 0 Å². The lowest BCUT2D eigenvalue weighted by Gasteiger charge is -1.99. The smallest absolute Gasteiger partial charge is 0.297 e. The third-order valence-corrected chi connectivity index (χ3v) is 3.87. The minimum absolute atomic E-state index is 0.213. The number of rotatable bonds is 10. The van der Waals surface area contributed by atoms with E-state index in [-0.39, 0.29) is 11.5 Å². The molecule has 7 heteroatoms. The van der Waals surface area contributed by atoms with Crippen molar-refractivity contribution in [3.63, 3.8) is 0 Å². The van der Waals surface area contributed by atoms with Gasteiger partial charge in [0.2, 0.25) is 0 Å². The van der Waals surface area contributed by atoms with Gasteiger partial charge in [0.25, 0.3) is 10.1 Å². The molecule has 0 N–H and O–H groups in total. The van der Waals surface area contributed by atoms with E-state index in [1.165, 1.54) is 6.42 Å². The second-order valence-corrected chi connectivity index (χ2v) is 6.74. The second kappa shape index (κ2) is 14.3. The maximum Gasteiger partial charge on any atom is 0.297 e. The molecule has 0 atom stereocenters. The molecule has 0 fully saturated rings. The van der Waals surface area contributed by atoms with Crippen LogP contribution >= 0.6 is 11.8 Å². The molecule has 0 amide bonds. The SMILES string of the molecule is CCCCCCCCS(=O)(=O)OF.CSCC(C)=O. The summed E-state index contributed by atoms with van der Waals surface area (Å²) in [5.41, 5.74) is 0. The minimum Gasteiger partial charge on any atom is -0.299 e. The van der Waals surface area contributed by atoms with E-state index >= 15 is 0 Å². The summed E-state index contributed by atoms with van der Waals surface area (Å²) in [5, 5.41) is 0. The third-order valence-electron chi connectivity index (χ3n) is 2.19. The lowest BCUT2D eigenvalue weighted by molar-refractivity contribution is -0.114. The van der Waals surface area contributed by atoms with Crippen molar-refractivity contribution in [3.05, 3.63) is 0 Å². The van der Waals surface area contributed by atoms with E-state index in [1.807, 2.05) is 6.26 Å². The van der Waals surface area contributed by atoms with Crippen molar-refractivity contribution >= 4 is 27.7 Å². The van der Waals surface area contributed by atoms with Crippen molar-refractivity contribution in [2.75, 3.05) is 17.8 Å². The Kier molecular flexibility index (Phi) is 15.9. The molecule has 0 aliphatic carbocycles. The van der Waals surface area contributed by atoms with E-state index in [4.69, 9.17) is 0 Å². The molecule has 0 aliphatic heterocycles. The van der Waals surface area contributed by atoms with Gasteiger partial charge in [0.1, 0.15) is 5.78 Å². The highest BCUT2D eigenvalue weighted by atomic mass is 32.2. The van der Waals surface area contributed by atoms with Crippen molar-refractivity contribution in [1.29, 1.82) is 0 Å². The first-order valence-corrected chi connectivity index (χ1v) is 9.38. The van der Waals surface area contributed by atoms with Gasteiger partial charge in [0, 0.05) is 0 Å². The van der Waals surface area contributed by atoms with E-state index in [2.05, 4.69) is 11.3 Å². The molecule has 0 saturated carbocycles. The highest BCUT2D eigenvalue weighted by Gasteiger charge is 2.09. The van der Waals surface area contributed by atoms with E-state index in [9.17, 15) is 17.7 Å². The molecule has 0 bridgehead atoms. The second-order valence-electron chi connectivity index (χ2n) is 4.23. The predicted octanol–water partition coefficient (Wildman–Crippen LogP) is 3.52. The minimum atomic E-state index is -3.88. The largest absolute Gasteiger partial charge is 0.299 e.